The lowest BCUT2D eigenvalue weighted by Crippen LogP contribution is -1.93. The summed E-state index contributed by atoms with van der Waals surface area (Å²) >= 11 is 6.86. The zero-order valence-electron chi connectivity index (χ0n) is 8.06. The van der Waals surface area contributed by atoms with Crippen LogP contribution in [0.15, 0.2) is 22.9 Å². The van der Waals surface area contributed by atoms with Crippen LogP contribution in [0.25, 0.3) is 11.4 Å². The van der Waals surface area contributed by atoms with Gasteiger partial charge >= 0.3 is 0 Å². The minimum atomic E-state index is 0.687. The summed E-state index contributed by atoms with van der Waals surface area (Å²) in [4.78, 5) is 7.73. The molecule has 1 aliphatic carbocycles. The predicted molar refractivity (Wildman–Crippen MR) is 64.7 cm³/mol. The molecule has 0 atom stereocenters. The van der Waals surface area contributed by atoms with Crippen LogP contribution in [0.5, 0.6) is 0 Å². The monoisotopic (exact) mass is 234 g/mol. The lowest BCUT2D eigenvalue weighted by molar-refractivity contribution is 0.989. The number of hydrogen-bond acceptors (Lipinski definition) is 3. The van der Waals surface area contributed by atoms with Gasteiger partial charge in [0.15, 0.2) is 0 Å². The molecule has 0 saturated heterocycles. The summed E-state index contributed by atoms with van der Waals surface area (Å²) in [5, 5.41) is 4.14. The Hall–Kier alpha value is -1.00. The fraction of sp³-hybridized carbons (Fsp3) is 0.273. The predicted octanol–water partition coefficient (Wildman–Crippen LogP) is 3.75. The van der Waals surface area contributed by atoms with Gasteiger partial charge in [-0.2, -0.15) is 11.3 Å². The van der Waals surface area contributed by atoms with Crippen LogP contribution in [0.4, 0.5) is 0 Å². The highest BCUT2D eigenvalue weighted by Crippen LogP contribution is 2.39. The molecule has 0 radical (unpaired) electrons. The molecule has 2 nitrogen and oxygen atoms in total. The number of hydrogen-bond donors (Lipinski definition) is 1. The quantitative estimate of drug-likeness (QED) is 0.802. The molecule has 15 heavy (non-hydrogen) atoms. The summed E-state index contributed by atoms with van der Waals surface area (Å²) in [5.41, 5.74) is 2.38. The Morgan fingerprint density at radius 1 is 1.47 bits per heavy atom. The van der Waals surface area contributed by atoms with Crippen molar-refractivity contribution < 1.29 is 0 Å². The standard InChI is InChI=1S/C11H10N2S2/c14-10-5-9(7-1-2-7)12-11(13-10)8-3-4-15-6-8/h3-7H,1-2H2,(H,12,13,14). The summed E-state index contributed by atoms with van der Waals surface area (Å²) in [7, 11) is 0. The lowest BCUT2D eigenvalue weighted by Gasteiger charge is -2.02. The first-order valence-electron chi connectivity index (χ1n) is 4.97. The third-order valence-electron chi connectivity index (χ3n) is 2.58. The van der Waals surface area contributed by atoms with Crippen molar-refractivity contribution in [1.82, 2.24) is 9.97 Å². The molecule has 2 aromatic rings. The van der Waals surface area contributed by atoms with Gasteiger partial charge in [-0.05, 0) is 36.3 Å². The van der Waals surface area contributed by atoms with Crippen LogP contribution in [0, 0.1) is 4.64 Å². The van der Waals surface area contributed by atoms with Gasteiger partial charge in [-0.1, -0.05) is 12.2 Å². The highest BCUT2D eigenvalue weighted by Gasteiger charge is 2.24. The van der Waals surface area contributed by atoms with E-state index in [4.69, 9.17) is 12.2 Å². The van der Waals surface area contributed by atoms with Gasteiger partial charge in [-0.25, -0.2) is 4.98 Å². The Kier molecular flexibility index (Phi) is 2.18. The van der Waals surface area contributed by atoms with E-state index < -0.39 is 0 Å². The van der Waals surface area contributed by atoms with E-state index in [1.165, 1.54) is 18.5 Å². The zero-order valence-corrected chi connectivity index (χ0v) is 9.70. The van der Waals surface area contributed by atoms with Gasteiger partial charge in [0.05, 0.1) is 0 Å². The number of aromatic amines is 1. The van der Waals surface area contributed by atoms with Gasteiger partial charge in [0, 0.05) is 16.6 Å². The van der Waals surface area contributed by atoms with Crippen LogP contribution in [-0.4, -0.2) is 9.97 Å². The summed E-state index contributed by atoms with van der Waals surface area (Å²) in [6.45, 7) is 0. The molecule has 1 saturated carbocycles. The van der Waals surface area contributed by atoms with Gasteiger partial charge in [0.25, 0.3) is 0 Å². The van der Waals surface area contributed by atoms with Crippen LogP contribution < -0.4 is 0 Å². The first-order chi connectivity index (χ1) is 7.33. The molecule has 0 aromatic carbocycles. The van der Waals surface area contributed by atoms with Crippen molar-refractivity contribution in [2.75, 3.05) is 0 Å². The molecule has 0 bridgehead atoms. The van der Waals surface area contributed by atoms with Gasteiger partial charge in [0.2, 0.25) is 0 Å². The smallest absolute Gasteiger partial charge is 0.139 e. The molecule has 76 valence electrons. The van der Waals surface area contributed by atoms with E-state index in [1.54, 1.807) is 11.3 Å². The highest BCUT2D eigenvalue weighted by atomic mass is 32.1. The maximum Gasteiger partial charge on any atom is 0.139 e. The minimum Gasteiger partial charge on any atom is -0.343 e. The lowest BCUT2D eigenvalue weighted by atomic mass is 10.2. The topological polar surface area (TPSA) is 28.7 Å². The third kappa shape index (κ3) is 1.87. The number of thiophene rings is 1. The Balaban J connectivity index is 2.11. The maximum absolute atomic E-state index is 5.18. The van der Waals surface area contributed by atoms with Crippen molar-refractivity contribution in [3.05, 3.63) is 33.2 Å². The molecule has 0 aliphatic heterocycles. The van der Waals surface area contributed by atoms with Gasteiger partial charge < -0.3 is 4.98 Å². The zero-order chi connectivity index (χ0) is 10.3. The Morgan fingerprint density at radius 3 is 3.00 bits per heavy atom. The van der Waals surface area contributed by atoms with Crippen LogP contribution in [-0.2, 0) is 0 Å². The maximum atomic E-state index is 5.18. The van der Waals surface area contributed by atoms with Crippen LogP contribution >= 0.6 is 23.6 Å². The molecule has 3 rings (SSSR count). The van der Waals surface area contributed by atoms with Crippen molar-refractivity contribution in [1.29, 1.82) is 0 Å². The van der Waals surface area contributed by atoms with Gasteiger partial charge in [0.1, 0.15) is 10.5 Å². The number of rotatable bonds is 2. The van der Waals surface area contributed by atoms with E-state index in [9.17, 15) is 0 Å². The molecule has 2 aromatic heterocycles. The minimum absolute atomic E-state index is 0.687. The van der Waals surface area contributed by atoms with Crippen molar-refractivity contribution in [3.8, 4) is 11.4 Å². The van der Waals surface area contributed by atoms with E-state index >= 15 is 0 Å². The van der Waals surface area contributed by atoms with E-state index in [1.807, 2.05) is 6.07 Å². The Labute approximate surface area is 97.0 Å². The van der Waals surface area contributed by atoms with Gasteiger partial charge in [-0.15, -0.1) is 0 Å². The molecule has 0 spiro atoms. The third-order valence-corrected chi connectivity index (χ3v) is 3.47. The molecule has 1 N–H and O–H groups in total. The first kappa shape index (κ1) is 9.24. The molecular formula is C11H10N2S2. The summed E-state index contributed by atoms with van der Waals surface area (Å²) in [5.74, 6) is 1.60. The highest BCUT2D eigenvalue weighted by molar-refractivity contribution is 7.71. The fourth-order valence-electron chi connectivity index (χ4n) is 1.63. The summed E-state index contributed by atoms with van der Waals surface area (Å²) in [6, 6.07) is 4.05. The molecule has 0 amide bonds. The number of H-pyrrole nitrogens is 1. The molecule has 2 heterocycles. The molecular weight excluding hydrogens is 224 g/mol. The molecule has 1 fully saturated rings. The number of nitrogens with one attached hydrogen (secondary N) is 1. The first-order valence-corrected chi connectivity index (χ1v) is 6.32. The van der Waals surface area contributed by atoms with Crippen molar-refractivity contribution in [3.63, 3.8) is 0 Å². The summed E-state index contributed by atoms with van der Waals surface area (Å²) in [6.07, 6.45) is 2.55. The average molecular weight is 234 g/mol. The van der Waals surface area contributed by atoms with Crippen LogP contribution in [0.1, 0.15) is 24.5 Å². The van der Waals surface area contributed by atoms with Gasteiger partial charge in [-0.3, -0.25) is 0 Å². The Bertz CT molecular complexity index is 524. The second-order valence-corrected chi connectivity index (χ2v) is 5.01. The van der Waals surface area contributed by atoms with E-state index in [-0.39, 0.29) is 0 Å². The molecule has 0 unspecified atom stereocenters. The second-order valence-electron chi connectivity index (χ2n) is 3.81. The SMILES string of the molecule is S=c1cc(C2CC2)[nH]c(-c2ccsc2)n1. The van der Waals surface area contributed by atoms with Crippen LogP contribution in [0.2, 0.25) is 0 Å². The van der Waals surface area contributed by atoms with Crippen molar-refractivity contribution >= 4 is 23.6 Å². The Morgan fingerprint density at radius 2 is 2.33 bits per heavy atom. The number of nitrogens with zero attached hydrogens (tertiary/aromatic N) is 1. The van der Waals surface area contributed by atoms with Crippen LogP contribution in [0.3, 0.4) is 0 Å². The van der Waals surface area contributed by atoms with E-state index in [0.717, 1.165) is 11.4 Å². The average Bonchev–Trinajstić information content (AvgIpc) is 2.93. The normalized spacial score (nSPS) is 15.5. The summed E-state index contributed by atoms with van der Waals surface area (Å²) < 4.78 is 0.692. The second kappa shape index (κ2) is 3.54. The van der Waals surface area contributed by atoms with E-state index in [0.29, 0.717) is 10.6 Å². The van der Waals surface area contributed by atoms with E-state index in [2.05, 4.69) is 26.8 Å². The largest absolute Gasteiger partial charge is 0.343 e. The molecule has 1 aliphatic rings. The molecule has 4 heteroatoms. The number of aromatic nitrogens is 2. The van der Waals surface area contributed by atoms with Crippen molar-refractivity contribution in [2.45, 2.75) is 18.8 Å². The van der Waals surface area contributed by atoms with Crippen molar-refractivity contribution in [2.24, 2.45) is 0 Å². The fourth-order valence-corrected chi connectivity index (χ4v) is 2.49.